The first kappa shape index (κ1) is 16.0. The molecule has 6 nitrogen and oxygen atoms in total. The summed E-state index contributed by atoms with van der Waals surface area (Å²) in [6.07, 6.45) is 3.97. The first-order valence-corrected chi connectivity index (χ1v) is 8.78. The Morgan fingerprint density at radius 1 is 1.28 bits per heavy atom. The van der Waals surface area contributed by atoms with Gasteiger partial charge >= 0.3 is 0 Å². The molecular weight excluding hydrogens is 318 g/mol. The molecule has 25 heavy (non-hydrogen) atoms. The van der Waals surface area contributed by atoms with Crippen molar-refractivity contribution in [3.63, 3.8) is 0 Å². The number of rotatable bonds is 4. The summed E-state index contributed by atoms with van der Waals surface area (Å²) in [6.45, 7) is 1.43. The summed E-state index contributed by atoms with van der Waals surface area (Å²) in [6, 6.07) is 5.84. The number of methoxy groups -OCH3 is 2. The van der Waals surface area contributed by atoms with Gasteiger partial charge in [-0.1, -0.05) is 0 Å². The van der Waals surface area contributed by atoms with Gasteiger partial charge in [0.2, 0.25) is 0 Å². The third-order valence-electron chi connectivity index (χ3n) is 5.36. The number of nitrogens with one attached hydrogen (secondary N) is 1. The van der Waals surface area contributed by atoms with Crippen molar-refractivity contribution in [1.29, 1.82) is 0 Å². The number of benzene rings is 1. The number of nitrogens with zero attached hydrogens (tertiary/aromatic N) is 2. The van der Waals surface area contributed by atoms with E-state index < -0.39 is 0 Å². The van der Waals surface area contributed by atoms with Crippen LogP contribution in [0.3, 0.4) is 0 Å². The highest BCUT2D eigenvalue weighted by atomic mass is 16.5. The summed E-state index contributed by atoms with van der Waals surface area (Å²) >= 11 is 0. The van der Waals surface area contributed by atoms with Crippen molar-refractivity contribution in [2.45, 2.75) is 31.6 Å². The number of carbonyl (C=O) groups excluding carboxylic acids is 1. The second kappa shape index (κ2) is 6.43. The summed E-state index contributed by atoms with van der Waals surface area (Å²) in [5.41, 5.74) is 3.97. The molecule has 6 heteroatoms. The fourth-order valence-electron chi connectivity index (χ4n) is 4.00. The van der Waals surface area contributed by atoms with Gasteiger partial charge in [0.15, 0.2) is 5.69 Å². The quantitative estimate of drug-likeness (QED) is 0.928. The van der Waals surface area contributed by atoms with Crippen LogP contribution < -0.4 is 9.47 Å². The molecular formula is C19H23N3O3. The summed E-state index contributed by atoms with van der Waals surface area (Å²) in [7, 11) is 3.34. The molecule has 1 saturated heterocycles. The van der Waals surface area contributed by atoms with E-state index >= 15 is 0 Å². The zero-order valence-corrected chi connectivity index (χ0v) is 14.7. The van der Waals surface area contributed by atoms with Gasteiger partial charge in [-0.25, -0.2) is 0 Å². The minimum atomic E-state index is 0.0452. The number of hydrogen-bond acceptors (Lipinski definition) is 4. The Kier molecular flexibility index (Phi) is 4.11. The molecule has 1 aromatic carbocycles. The fourth-order valence-corrected chi connectivity index (χ4v) is 4.00. The molecule has 1 N–H and O–H groups in total. The minimum absolute atomic E-state index is 0.0452. The predicted octanol–water partition coefficient (Wildman–Crippen LogP) is 2.55. The highest BCUT2D eigenvalue weighted by molar-refractivity contribution is 5.94. The Labute approximate surface area is 147 Å². The number of fused-ring (bicyclic) bond motifs is 1. The molecule has 1 fully saturated rings. The van der Waals surface area contributed by atoms with Crippen LogP contribution in [0.25, 0.3) is 0 Å². The molecule has 0 unspecified atom stereocenters. The van der Waals surface area contributed by atoms with E-state index in [4.69, 9.17) is 9.47 Å². The lowest BCUT2D eigenvalue weighted by Crippen LogP contribution is -2.29. The molecule has 1 aliphatic carbocycles. The molecule has 0 radical (unpaired) electrons. The Balaban J connectivity index is 1.54. The molecule has 1 amide bonds. The van der Waals surface area contributed by atoms with Crippen LogP contribution in [-0.4, -0.2) is 48.3 Å². The van der Waals surface area contributed by atoms with E-state index in [0.717, 1.165) is 60.5 Å². The average Bonchev–Trinajstić information content (AvgIpc) is 3.36. The van der Waals surface area contributed by atoms with E-state index in [1.807, 2.05) is 23.1 Å². The van der Waals surface area contributed by atoms with Gasteiger partial charge < -0.3 is 14.4 Å². The lowest BCUT2D eigenvalue weighted by atomic mass is 9.97. The molecule has 4 rings (SSSR count). The second-order valence-corrected chi connectivity index (χ2v) is 6.73. The minimum Gasteiger partial charge on any atom is -0.497 e. The van der Waals surface area contributed by atoms with Crippen LogP contribution in [0, 0.1) is 0 Å². The molecule has 2 aliphatic rings. The van der Waals surface area contributed by atoms with E-state index in [1.54, 1.807) is 14.2 Å². The summed E-state index contributed by atoms with van der Waals surface area (Å²) in [5, 5.41) is 7.31. The number of likely N-dealkylation sites (tertiary alicyclic amines) is 1. The first-order valence-electron chi connectivity index (χ1n) is 8.78. The van der Waals surface area contributed by atoms with Gasteiger partial charge in [0, 0.05) is 35.8 Å². The average molecular weight is 341 g/mol. The van der Waals surface area contributed by atoms with Crippen LogP contribution in [0.1, 0.15) is 46.1 Å². The SMILES string of the molecule is COc1ccc(OC)c([C@H]2CCN(C(=O)c3n[nH]c4c3CCC4)C2)c1. The maximum atomic E-state index is 12.9. The lowest BCUT2D eigenvalue weighted by Gasteiger charge is -2.18. The largest absolute Gasteiger partial charge is 0.497 e. The number of ether oxygens (including phenoxy) is 2. The van der Waals surface area contributed by atoms with Crippen molar-refractivity contribution in [2.75, 3.05) is 27.3 Å². The lowest BCUT2D eigenvalue weighted by molar-refractivity contribution is 0.0783. The smallest absolute Gasteiger partial charge is 0.274 e. The zero-order chi connectivity index (χ0) is 17.4. The van der Waals surface area contributed by atoms with E-state index in [2.05, 4.69) is 10.2 Å². The number of aromatic nitrogens is 2. The van der Waals surface area contributed by atoms with E-state index in [9.17, 15) is 4.79 Å². The van der Waals surface area contributed by atoms with Gasteiger partial charge in [0.1, 0.15) is 11.5 Å². The van der Waals surface area contributed by atoms with Gasteiger partial charge in [-0.2, -0.15) is 5.10 Å². The molecule has 1 aromatic heterocycles. The van der Waals surface area contributed by atoms with E-state index in [-0.39, 0.29) is 11.8 Å². The van der Waals surface area contributed by atoms with Crippen LogP contribution in [0.4, 0.5) is 0 Å². The number of aryl methyl sites for hydroxylation is 1. The number of carbonyl (C=O) groups is 1. The van der Waals surface area contributed by atoms with Crippen molar-refractivity contribution < 1.29 is 14.3 Å². The maximum Gasteiger partial charge on any atom is 0.274 e. The van der Waals surface area contributed by atoms with Gasteiger partial charge in [-0.15, -0.1) is 0 Å². The van der Waals surface area contributed by atoms with Crippen LogP contribution in [0.2, 0.25) is 0 Å². The molecule has 132 valence electrons. The van der Waals surface area contributed by atoms with Crippen LogP contribution in [0.15, 0.2) is 18.2 Å². The molecule has 0 bridgehead atoms. The van der Waals surface area contributed by atoms with Crippen molar-refractivity contribution in [1.82, 2.24) is 15.1 Å². The van der Waals surface area contributed by atoms with Crippen LogP contribution >= 0.6 is 0 Å². The third kappa shape index (κ3) is 2.75. The molecule has 2 aromatic rings. The summed E-state index contributed by atoms with van der Waals surface area (Å²) < 4.78 is 10.9. The Hall–Kier alpha value is -2.50. The normalized spacial score (nSPS) is 19.1. The van der Waals surface area contributed by atoms with Crippen LogP contribution in [0.5, 0.6) is 11.5 Å². The predicted molar refractivity (Wildman–Crippen MR) is 93.4 cm³/mol. The molecule has 2 heterocycles. The molecule has 1 aliphatic heterocycles. The molecule has 0 spiro atoms. The standard InChI is InChI=1S/C19H23N3O3/c1-24-13-6-7-17(25-2)15(10-13)12-8-9-22(11-12)19(23)18-14-4-3-5-16(14)20-21-18/h6-7,10,12H,3-5,8-9,11H2,1-2H3,(H,20,21)/t12-/m0/s1. The first-order chi connectivity index (χ1) is 12.2. The van der Waals surface area contributed by atoms with Gasteiger partial charge in [-0.05, 0) is 43.9 Å². The Morgan fingerprint density at radius 3 is 2.96 bits per heavy atom. The number of hydrogen-bond donors (Lipinski definition) is 1. The third-order valence-corrected chi connectivity index (χ3v) is 5.36. The van der Waals surface area contributed by atoms with E-state index in [0.29, 0.717) is 12.2 Å². The highest BCUT2D eigenvalue weighted by Gasteiger charge is 2.33. The van der Waals surface area contributed by atoms with Crippen LogP contribution in [-0.2, 0) is 12.8 Å². The molecule has 0 saturated carbocycles. The van der Waals surface area contributed by atoms with E-state index in [1.165, 1.54) is 0 Å². The van der Waals surface area contributed by atoms with Crippen molar-refractivity contribution in [2.24, 2.45) is 0 Å². The topological polar surface area (TPSA) is 67.5 Å². The monoisotopic (exact) mass is 341 g/mol. The zero-order valence-electron chi connectivity index (χ0n) is 14.7. The fraction of sp³-hybridized carbons (Fsp3) is 0.474. The van der Waals surface area contributed by atoms with Crippen molar-refractivity contribution >= 4 is 5.91 Å². The number of aromatic amines is 1. The van der Waals surface area contributed by atoms with Crippen molar-refractivity contribution in [3.8, 4) is 11.5 Å². The Bertz CT molecular complexity index is 799. The summed E-state index contributed by atoms with van der Waals surface area (Å²) in [5.74, 6) is 1.95. The Morgan fingerprint density at radius 2 is 2.16 bits per heavy atom. The summed E-state index contributed by atoms with van der Waals surface area (Å²) in [4.78, 5) is 14.8. The number of H-pyrrole nitrogens is 1. The highest BCUT2D eigenvalue weighted by Crippen LogP contribution is 2.36. The molecule has 1 atom stereocenters. The van der Waals surface area contributed by atoms with Crippen molar-refractivity contribution in [3.05, 3.63) is 40.7 Å². The number of amides is 1. The van der Waals surface area contributed by atoms with Gasteiger partial charge in [0.25, 0.3) is 5.91 Å². The van der Waals surface area contributed by atoms with Gasteiger partial charge in [0.05, 0.1) is 14.2 Å². The maximum absolute atomic E-state index is 12.9. The second-order valence-electron chi connectivity index (χ2n) is 6.73. The van der Waals surface area contributed by atoms with Gasteiger partial charge in [-0.3, -0.25) is 9.89 Å².